The van der Waals surface area contributed by atoms with E-state index in [1.165, 1.54) is 12.1 Å². The topological polar surface area (TPSA) is 56.3 Å². The molecule has 1 unspecified atom stereocenters. The number of aromatic amines is 1. The van der Waals surface area contributed by atoms with Crippen LogP contribution in [0.25, 0.3) is 10.9 Å². The van der Waals surface area contributed by atoms with Gasteiger partial charge in [0.15, 0.2) is 0 Å². The van der Waals surface area contributed by atoms with E-state index >= 15 is 0 Å². The molecule has 2 aromatic rings. The van der Waals surface area contributed by atoms with Crippen LogP contribution in [0.4, 0.5) is 4.39 Å². The summed E-state index contributed by atoms with van der Waals surface area (Å²) in [6, 6.07) is 4.55. The van der Waals surface area contributed by atoms with E-state index in [0.717, 1.165) is 35.0 Å². The summed E-state index contributed by atoms with van der Waals surface area (Å²) in [6.07, 6.45) is 1.87. The van der Waals surface area contributed by atoms with Crippen molar-refractivity contribution in [1.29, 1.82) is 0 Å². The third-order valence-corrected chi connectivity index (χ3v) is 4.46. The lowest BCUT2D eigenvalue weighted by molar-refractivity contribution is -0.130. The van der Waals surface area contributed by atoms with Gasteiger partial charge in [-0.3, -0.25) is 4.79 Å². The van der Waals surface area contributed by atoms with Crippen molar-refractivity contribution in [2.45, 2.75) is 32.3 Å². The zero-order valence-corrected chi connectivity index (χ0v) is 12.9. The predicted molar refractivity (Wildman–Crippen MR) is 83.1 cm³/mol. The Morgan fingerprint density at radius 3 is 2.91 bits per heavy atom. The van der Waals surface area contributed by atoms with Gasteiger partial charge in [0.05, 0.1) is 12.5 Å². The molecule has 118 valence electrons. The lowest BCUT2D eigenvalue weighted by Gasteiger charge is -2.20. The van der Waals surface area contributed by atoms with E-state index in [1.54, 1.807) is 18.0 Å². The molecule has 3 rings (SSSR count). The minimum atomic E-state index is -0.435. The normalized spacial score (nSPS) is 16.0. The number of aliphatic hydroxyl groups excluding tert-OH is 1. The van der Waals surface area contributed by atoms with Crippen LogP contribution >= 0.6 is 0 Å². The minimum Gasteiger partial charge on any atom is -0.391 e. The summed E-state index contributed by atoms with van der Waals surface area (Å²) in [7, 11) is 1.71. The maximum atomic E-state index is 13.4. The quantitative estimate of drug-likeness (QED) is 0.891. The molecule has 0 radical (unpaired) electrons. The van der Waals surface area contributed by atoms with Crippen molar-refractivity contribution in [2.24, 2.45) is 5.92 Å². The molecule has 2 N–H and O–H groups in total. The van der Waals surface area contributed by atoms with Crippen molar-refractivity contribution >= 4 is 16.8 Å². The number of fused-ring (bicyclic) bond motifs is 1. The van der Waals surface area contributed by atoms with Crippen molar-refractivity contribution in [1.82, 2.24) is 9.88 Å². The van der Waals surface area contributed by atoms with Gasteiger partial charge in [0, 0.05) is 30.2 Å². The zero-order chi connectivity index (χ0) is 15.9. The Labute approximate surface area is 128 Å². The first-order chi connectivity index (χ1) is 10.5. The van der Waals surface area contributed by atoms with Crippen LogP contribution in [-0.2, 0) is 11.2 Å². The Balaban J connectivity index is 1.75. The SMILES string of the molecule is Cc1[nH]c2ccc(F)cc2c1CC(=O)N(C)CC(O)C1CC1. The maximum absolute atomic E-state index is 13.4. The Kier molecular flexibility index (Phi) is 3.91. The summed E-state index contributed by atoms with van der Waals surface area (Å²) in [4.78, 5) is 17.1. The summed E-state index contributed by atoms with van der Waals surface area (Å²) in [5.74, 6) is -0.0233. The largest absolute Gasteiger partial charge is 0.391 e. The molecule has 5 heteroatoms. The van der Waals surface area contributed by atoms with E-state index in [4.69, 9.17) is 0 Å². The second-order valence-corrected chi connectivity index (χ2v) is 6.27. The average Bonchev–Trinajstić information content (AvgIpc) is 3.27. The molecule has 1 aromatic heterocycles. The number of hydrogen-bond donors (Lipinski definition) is 2. The molecule has 1 saturated carbocycles. The summed E-state index contributed by atoms with van der Waals surface area (Å²) < 4.78 is 13.4. The minimum absolute atomic E-state index is 0.0621. The summed E-state index contributed by atoms with van der Waals surface area (Å²) in [5.41, 5.74) is 2.54. The third-order valence-electron chi connectivity index (χ3n) is 4.46. The molecule has 1 atom stereocenters. The lowest BCUT2D eigenvalue weighted by Crippen LogP contribution is -2.36. The summed E-state index contributed by atoms with van der Waals surface area (Å²) in [5, 5.41) is 10.7. The zero-order valence-electron chi connectivity index (χ0n) is 12.9. The molecule has 0 aliphatic heterocycles. The number of halogens is 1. The number of rotatable bonds is 5. The third kappa shape index (κ3) is 2.99. The molecule has 0 bridgehead atoms. The molecule has 1 aliphatic carbocycles. The molecule has 1 heterocycles. The van der Waals surface area contributed by atoms with E-state index in [-0.39, 0.29) is 18.1 Å². The van der Waals surface area contributed by atoms with Crippen LogP contribution in [0.2, 0.25) is 0 Å². The van der Waals surface area contributed by atoms with Crippen LogP contribution in [0.15, 0.2) is 18.2 Å². The van der Waals surface area contributed by atoms with Gasteiger partial charge in [-0.25, -0.2) is 4.39 Å². The smallest absolute Gasteiger partial charge is 0.226 e. The number of aryl methyl sites for hydroxylation is 1. The molecule has 22 heavy (non-hydrogen) atoms. The molecule has 0 saturated heterocycles. The number of nitrogens with one attached hydrogen (secondary N) is 1. The number of likely N-dealkylation sites (N-methyl/N-ethyl adjacent to an activating group) is 1. The van der Waals surface area contributed by atoms with Gasteiger partial charge in [-0.15, -0.1) is 0 Å². The van der Waals surface area contributed by atoms with Crippen molar-refractivity contribution in [2.75, 3.05) is 13.6 Å². The number of aliphatic hydroxyl groups is 1. The number of carbonyl (C=O) groups excluding carboxylic acids is 1. The van der Waals surface area contributed by atoms with Gasteiger partial charge in [-0.2, -0.15) is 0 Å². The van der Waals surface area contributed by atoms with Crippen molar-refractivity contribution < 1.29 is 14.3 Å². The molecule has 1 aromatic carbocycles. The Morgan fingerprint density at radius 1 is 1.50 bits per heavy atom. The number of benzene rings is 1. The lowest BCUT2D eigenvalue weighted by atomic mass is 10.1. The van der Waals surface area contributed by atoms with Crippen molar-refractivity contribution in [3.8, 4) is 0 Å². The van der Waals surface area contributed by atoms with E-state index in [1.807, 2.05) is 6.92 Å². The molecule has 1 aliphatic rings. The molecule has 1 amide bonds. The van der Waals surface area contributed by atoms with Gasteiger partial charge in [0.2, 0.25) is 5.91 Å². The number of H-pyrrole nitrogens is 1. The molecular weight excluding hydrogens is 283 g/mol. The number of hydrogen-bond acceptors (Lipinski definition) is 2. The first-order valence-corrected chi connectivity index (χ1v) is 7.64. The van der Waals surface area contributed by atoms with E-state index < -0.39 is 6.10 Å². The Bertz CT molecular complexity index is 706. The molecular formula is C17H21FN2O2. The highest BCUT2D eigenvalue weighted by Crippen LogP contribution is 2.32. The highest BCUT2D eigenvalue weighted by molar-refractivity contribution is 5.90. The number of aromatic nitrogens is 1. The fourth-order valence-electron chi connectivity index (χ4n) is 2.88. The molecule has 0 spiro atoms. The maximum Gasteiger partial charge on any atom is 0.226 e. The predicted octanol–water partition coefficient (Wildman–Crippen LogP) is 2.39. The second-order valence-electron chi connectivity index (χ2n) is 6.27. The molecule has 1 fully saturated rings. The standard InChI is InChI=1S/C17H21FN2O2/c1-10-13(14-7-12(18)5-6-15(14)19-10)8-17(22)20(2)9-16(21)11-3-4-11/h5-7,11,16,19,21H,3-4,8-9H2,1-2H3. The van der Waals surface area contributed by atoms with Gasteiger partial charge >= 0.3 is 0 Å². The van der Waals surface area contributed by atoms with E-state index in [9.17, 15) is 14.3 Å². The van der Waals surface area contributed by atoms with Crippen LogP contribution in [-0.4, -0.2) is 40.6 Å². The Hall–Kier alpha value is -1.88. The van der Waals surface area contributed by atoms with Crippen LogP contribution in [0, 0.1) is 18.7 Å². The highest BCUT2D eigenvalue weighted by atomic mass is 19.1. The van der Waals surface area contributed by atoms with Gasteiger partial charge in [-0.1, -0.05) is 0 Å². The van der Waals surface area contributed by atoms with Crippen LogP contribution < -0.4 is 0 Å². The number of amides is 1. The van der Waals surface area contributed by atoms with Crippen molar-refractivity contribution in [3.63, 3.8) is 0 Å². The summed E-state index contributed by atoms with van der Waals surface area (Å²) in [6.45, 7) is 2.25. The summed E-state index contributed by atoms with van der Waals surface area (Å²) >= 11 is 0. The van der Waals surface area contributed by atoms with Gasteiger partial charge in [0.25, 0.3) is 0 Å². The van der Waals surface area contributed by atoms with Crippen LogP contribution in [0.5, 0.6) is 0 Å². The van der Waals surface area contributed by atoms with Crippen LogP contribution in [0.1, 0.15) is 24.1 Å². The number of nitrogens with zero attached hydrogens (tertiary/aromatic N) is 1. The fourth-order valence-corrected chi connectivity index (χ4v) is 2.88. The van der Waals surface area contributed by atoms with Gasteiger partial charge in [-0.05, 0) is 49.4 Å². The Morgan fingerprint density at radius 2 is 2.23 bits per heavy atom. The molecule has 4 nitrogen and oxygen atoms in total. The first kappa shape index (κ1) is 15.0. The first-order valence-electron chi connectivity index (χ1n) is 7.64. The van der Waals surface area contributed by atoms with Crippen LogP contribution in [0.3, 0.4) is 0 Å². The number of carbonyl (C=O) groups is 1. The highest BCUT2D eigenvalue weighted by Gasteiger charge is 2.31. The van der Waals surface area contributed by atoms with E-state index in [0.29, 0.717) is 12.5 Å². The monoisotopic (exact) mass is 304 g/mol. The van der Waals surface area contributed by atoms with Gasteiger partial charge < -0.3 is 15.0 Å². The average molecular weight is 304 g/mol. The van der Waals surface area contributed by atoms with Gasteiger partial charge in [0.1, 0.15) is 5.82 Å². The second kappa shape index (κ2) is 5.72. The van der Waals surface area contributed by atoms with Crippen molar-refractivity contribution in [3.05, 3.63) is 35.3 Å². The fraction of sp³-hybridized carbons (Fsp3) is 0.471. The van der Waals surface area contributed by atoms with E-state index in [2.05, 4.69) is 4.98 Å².